The SMILES string of the molecule is CC(Oc1ccccc1F)C(=O)NC1CCN(c2ncc3c(n2)CCOC3)CC1. The number of carbonyl (C=O) groups excluding carboxylic acids is 1. The minimum Gasteiger partial charge on any atom is -0.478 e. The van der Waals surface area contributed by atoms with Gasteiger partial charge in [0.05, 0.1) is 18.9 Å². The van der Waals surface area contributed by atoms with Gasteiger partial charge in [0, 0.05) is 37.3 Å². The monoisotopic (exact) mass is 400 g/mol. The van der Waals surface area contributed by atoms with E-state index in [0.717, 1.165) is 49.6 Å². The first-order valence-corrected chi connectivity index (χ1v) is 9.99. The number of carbonyl (C=O) groups is 1. The highest BCUT2D eigenvalue weighted by atomic mass is 19.1. The van der Waals surface area contributed by atoms with Crippen LogP contribution in [0.25, 0.3) is 0 Å². The Kier molecular flexibility index (Phi) is 5.89. The van der Waals surface area contributed by atoms with Crippen LogP contribution in [0, 0.1) is 5.82 Å². The summed E-state index contributed by atoms with van der Waals surface area (Å²) in [7, 11) is 0. The maximum Gasteiger partial charge on any atom is 0.260 e. The number of halogens is 1. The molecule has 0 bridgehead atoms. The Bertz CT molecular complexity index is 871. The number of piperidine rings is 1. The summed E-state index contributed by atoms with van der Waals surface area (Å²) >= 11 is 0. The summed E-state index contributed by atoms with van der Waals surface area (Å²) in [4.78, 5) is 23.8. The van der Waals surface area contributed by atoms with E-state index in [1.165, 1.54) is 12.1 Å². The van der Waals surface area contributed by atoms with Crippen molar-refractivity contribution in [2.75, 3.05) is 24.6 Å². The molecule has 1 atom stereocenters. The van der Waals surface area contributed by atoms with Crippen LogP contribution in [0.1, 0.15) is 31.0 Å². The van der Waals surface area contributed by atoms with Gasteiger partial charge in [-0.15, -0.1) is 0 Å². The molecule has 8 heteroatoms. The molecule has 2 aliphatic heterocycles. The fraction of sp³-hybridized carbons (Fsp3) is 0.476. The van der Waals surface area contributed by atoms with Gasteiger partial charge < -0.3 is 19.7 Å². The molecule has 3 heterocycles. The van der Waals surface area contributed by atoms with Crippen molar-refractivity contribution in [3.8, 4) is 5.75 Å². The summed E-state index contributed by atoms with van der Waals surface area (Å²) in [5.41, 5.74) is 2.13. The first kappa shape index (κ1) is 19.6. The van der Waals surface area contributed by atoms with Gasteiger partial charge >= 0.3 is 0 Å². The third-order valence-corrected chi connectivity index (χ3v) is 5.32. The third kappa shape index (κ3) is 4.64. The van der Waals surface area contributed by atoms with E-state index in [1.54, 1.807) is 19.1 Å². The van der Waals surface area contributed by atoms with Crippen molar-refractivity contribution in [2.24, 2.45) is 0 Å². The van der Waals surface area contributed by atoms with Crippen molar-refractivity contribution in [2.45, 2.75) is 44.9 Å². The Labute approximate surface area is 169 Å². The van der Waals surface area contributed by atoms with Gasteiger partial charge in [-0.25, -0.2) is 14.4 Å². The van der Waals surface area contributed by atoms with Gasteiger partial charge in [0.2, 0.25) is 5.95 Å². The molecule has 4 rings (SSSR count). The second-order valence-corrected chi connectivity index (χ2v) is 7.40. The zero-order valence-corrected chi connectivity index (χ0v) is 16.4. The van der Waals surface area contributed by atoms with Gasteiger partial charge in [-0.1, -0.05) is 12.1 Å². The molecule has 1 N–H and O–H groups in total. The lowest BCUT2D eigenvalue weighted by atomic mass is 10.0. The van der Waals surface area contributed by atoms with Crippen LogP contribution >= 0.6 is 0 Å². The van der Waals surface area contributed by atoms with E-state index in [-0.39, 0.29) is 17.7 Å². The minimum atomic E-state index is -0.767. The highest BCUT2D eigenvalue weighted by Gasteiger charge is 2.25. The normalized spacial score (nSPS) is 18.1. The Morgan fingerprint density at radius 3 is 2.93 bits per heavy atom. The molecule has 0 radical (unpaired) electrons. The standard InChI is InChI=1S/C21H25FN4O3/c1-14(29-19-5-3-2-4-17(19)22)20(27)24-16-6-9-26(10-7-16)21-23-12-15-13-28-11-8-18(15)25-21/h2-5,12,14,16H,6-11,13H2,1H3,(H,24,27). The van der Waals surface area contributed by atoms with Crippen molar-refractivity contribution in [1.82, 2.24) is 15.3 Å². The molecule has 29 heavy (non-hydrogen) atoms. The quantitative estimate of drug-likeness (QED) is 0.830. The number of anilines is 1. The molecule has 7 nitrogen and oxygen atoms in total. The first-order chi connectivity index (χ1) is 14.1. The summed E-state index contributed by atoms with van der Waals surface area (Å²) in [6.07, 6.45) is 3.49. The lowest BCUT2D eigenvalue weighted by Crippen LogP contribution is -2.48. The Balaban J connectivity index is 1.28. The Morgan fingerprint density at radius 2 is 2.14 bits per heavy atom. The lowest BCUT2D eigenvalue weighted by molar-refractivity contribution is -0.128. The number of ether oxygens (including phenoxy) is 2. The van der Waals surface area contributed by atoms with Crippen molar-refractivity contribution in [3.63, 3.8) is 0 Å². The van der Waals surface area contributed by atoms with E-state index in [1.807, 2.05) is 6.20 Å². The van der Waals surface area contributed by atoms with Crippen LogP contribution in [0.3, 0.4) is 0 Å². The average molecular weight is 400 g/mol. The fourth-order valence-corrected chi connectivity index (χ4v) is 3.60. The van der Waals surface area contributed by atoms with Crippen molar-refractivity contribution >= 4 is 11.9 Å². The van der Waals surface area contributed by atoms with Crippen LogP contribution in [-0.4, -0.2) is 47.7 Å². The van der Waals surface area contributed by atoms with Gasteiger partial charge in [-0.05, 0) is 31.9 Å². The van der Waals surface area contributed by atoms with E-state index < -0.39 is 11.9 Å². The zero-order chi connectivity index (χ0) is 20.2. The van der Waals surface area contributed by atoms with Crippen LogP contribution in [-0.2, 0) is 22.6 Å². The number of para-hydroxylation sites is 1. The van der Waals surface area contributed by atoms with Gasteiger partial charge in [-0.3, -0.25) is 4.79 Å². The Morgan fingerprint density at radius 1 is 1.34 bits per heavy atom. The molecule has 0 aliphatic carbocycles. The molecule has 1 fully saturated rings. The number of nitrogens with zero attached hydrogens (tertiary/aromatic N) is 3. The lowest BCUT2D eigenvalue weighted by Gasteiger charge is -2.33. The van der Waals surface area contributed by atoms with Crippen LogP contribution in [0.2, 0.25) is 0 Å². The van der Waals surface area contributed by atoms with E-state index in [0.29, 0.717) is 13.2 Å². The molecular weight excluding hydrogens is 375 g/mol. The molecule has 1 unspecified atom stereocenters. The van der Waals surface area contributed by atoms with E-state index in [2.05, 4.69) is 15.2 Å². The van der Waals surface area contributed by atoms with E-state index >= 15 is 0 Å². The van der Waals surface area contributed by atoms with Crippen LogP contribution < -0.4 is 15.0 Å². The largest absolute Gasteiger partial charge is 0.478 e. The summed E-state index contributed by atoms with van der Waals surface area (Å²) in [6.45, 7) is 4.44. The second-order valence-electron chi connectivity index (χ2n) is 7.40. The predicted molar refractivity (Wildman–Crippen MR) is 105 cm³/mol. The number of fused-ring (bicyclic) bond motifs is 1. The van der Waals surface area contributed by atoms with E-state index in [9.17, 15) is 9.18 Å². The summed E-state index contributed by atoms with van der Waals surface area (Å²) in [5.74, 6) is 0.111. The Hall–Kier alpha value is -2.74. The van der Waals surface area contributed by atoms with E-state index in [4.69, 9.17) is 14.5 Å². The maximum absolute atomic E-state index is 13.7. The summed E-state index contributed by atoms with van der Waals surface area (Å²) in [5, 5.41) is 3.01. The van der Waals surface area contributed by atoms with Crippen LogP contribution in [0.4, 0.5) is 10.3 Å². The molecule has 154 valence electrons. The predicted octanol–water partition coefficient (Wildman–Crippen LogP) is 2.24. The topological polar surface area (TPSA) is 76.6 Å². The first-order valence-electron chi connectivity index (χ1n) is 9.99. The van der Waals surface area contributed by atoms with Gasteiger partial charge in [0.15, 0.2) is 17.7 Å². The summed E-state index contributed by atoms with van der Waals surface area (Å²) < 4.78 is 24.6. The van der Waals surface area contributed by atoms with Crippen molar-refractivity contribution in [3.05, 3.63) is 47.5 Å². The van der Waals surface area contributed by atoms with Gasteiger partial charge in [-0.2, -0.15) is 0 Å². The summed E-state index contributed by atoms with van der Waals surface area (Å²) in [6, 6.07) is 6.14. The highest BCUT2D eigenvalue weighted by molar-refractivity contribution is 5.81. The number of aromatic nitrogens is 2. The van der Waals surface area contributed by atoms with Gasteiger partial charge in [0.25, 0.3) is 5.91 Å². The zero-order valence-electron chi connectivity index (χ0n) is 16.4. The number of benzene rings is 1. The number of hydrogen-bond acceptors (Lipinski definition) is 6. The molecular formula is C21H25FN4O3. The van der Waals surface area contributed by atoms with Crippen molar-refractivity contribution in [1.29, 1.82) is 0 Å². The molecule has 2 aromatic rings. The second kappa shape index (κ2) is 8.73. The number of hydrogen-bond donors (Lipinski definition) is 1. The number of amides is 1. The van der Waals surface area contributed by atoms with Gasteiger partial charge in [0.1, 0.15) is 0 Å². The molecule has 0 spiro atoms. The van der Waals surface area contributed by atoms with Crippen molar-refractivity contribution < 1.29 is 18.7 Å². The number of rotatable bonds is 5. The maximum atomic E-state index is 13.7. The number of nitrogens with one attached hydrogen (secondary N) is 1. The van der Waals surface area contributed by atoms with Crippen LogP contribution in [0.5, 0.6) is 5.75 Å². The average Bonchev–Trinajstić information content (AvgIpc) is 2.75. The molecule has 1 amide bonds. The fourth-order valence-electron chi connectivity index (χ4n) is 3.60. The highest BCUT2D eigenvalue weighted by Crippen LogP contribution is 2.21. The molecule has 1 aromatic carbocycles. The molecule has 1 saturated heterocycles. The van der Waals surface area contributed by atoms with Crippen LogP contribution in [0.15, 0.2) is 30.5 Å². The third-order valence-electron chi connectivity index (χ3n) is 5.32. The minimum absolute atomic E-state index is 0.0523. The smallest absolute Gasteiger partial charge is 0.260 e. The molecule has 1 aromatic heterocycles. The molecule has 0 saturated carbocycles. The molecule has 2 aliphatic rings.